The predicted octanol–water partition coefficient (Wildman–Crippen LogP) is 3.48. The van der Waals surface area contributed by atoms with Gasteiger partial charge in [0.1, 0.15) is 0 Å². The number of fused-ring (bicyclic) bond motifs is 1. The number of amides is 1. The smallest absolute Gasteiger partial charge is 0.291 e. The van der Waals surface area contributed by atoms with Crippen molar-refractivity contribution in [2.45, 2.75) is 45.1 Å². The summed E-state index contributed by atoms with van der Waals surface area (Å²) in [4.78, 5) is 21.4. The van der Waals surface area contributed by atoms with Crippen molar-refractivity contribution in [2.75, 3.05) is 0 Å². The normalized spacial score (nSPS) is 16.5. The SMILES string of the molecule is Cc1ccnc2nc(C(=O)N[C@H](c3ccccc3)C3CCCCC3)nn12. The van der Waals surface area contributed by atoms with Crippen LogP contribution < -0.4 is 5.32 Å². The average Bonchev–Trinajstić information content (AvgIpc) is 3.13. The van der Waals surface area contributed by atoms with Crippen LogP contribution in [0.3, 0.4) is 0 Å². The second kappa shape index (κ2) is 7.23. The molecule has 1 atom stereocenters. The first kappa shape index (κ1) is 16.7. The Morgan fingerprint density at radius 1 is 1.15 bits per heavy atom. The number of hydrogen-bond acceptors (Lipinski definition) is 4. The van der Waals surface area contributed by atoms with E-state index in [1.165, 1.54) is 19.3 Å². The number of carbonyl (C=O) groups excluding carboxylic acids is 1. The molecule has 0 saturated heterocycles. The monoisotopic (exact) mass is 349 g/mol. The summed E-state index contributed by atoms with van der Waals surface area (Å²) in [7, 11) is 0. The number of nitrogens with one attached hydrogen (secondary N) is 1. The quantitative estimate of drug-likeness (QED) is 0.783. The molecule has 3 aromatic rings. The number of rotatable bonds is 4. The van der Waals surface area contributed by atoms with Crippen LogP contribution in [0.5, 0.6) is 0 Å². The zero-order chi connectivity index (χ0) is 17.9. The Labute approximate surface area is 152 Å². The highest BCUT2D eigenvalue weighted by atomic mass is 16.2. The Kier molecular flexibility index (Phi) is 4.65. The summed E-state index contributed by atoms with van der Waals surface area (Å²) in [6.07, 6.45) is 7.68. The topological polar surface area (TPSA) is 72.2 Å². The molecular formula is C20H23N5O. The zero-order valence-corrected chi connectivity index (χ0v) is 14.9. The van der Waals surface area contributed by atoms with Gasteiger partial charge in [0.15, 0.2) is 0 Å². The molecule has 0 unspecified atom stereocenters. The van der Waals surface area contributed by atoms with Crippen LogP contribution in [0.1, 0.15) is 60.0 Å². The molecule has 6 heteroatoms. The lowest BCUT2D eigenvalue weighted by molar-refractivity contribution is 0.0902. The third-order valence-corrected chi connectivity index (χ3v) is 5.20. The van der Waals surface area contributed by atoms with Crippen molar-refractivity contribution in [1.29, 1.82) is 0 Å². The van der Waals surface area contributed by atoms with Gasteiger partial charge in [-0.15, -0.1) is 5.10 Å². The van der Waals surface area contributed by atoms with Crippen molar-refractivity contribution in [1.82, 2.24) is 24.9 Å². The van der Waals surface area contributed by atoms with E-state index in [1.807, 2.05) is 31.2 Å². The summed E-state index contributed by atoms with van der Waals surface area (Å²) in [5.74, 6) is 0.828. The van der Waals surface area contributed by atoms with E-state index in [-0.39, 0.29) is 17.8 Å². The van der Waals surface area contributed by atoms with Crippen LogP contribution >= 0.6 is 0 Å². The van der Waals surface area contributed by atoms with E-state index in [0.29, 0.717) is 11.7 Å². The molecule has 134 valence electrons. The van der Waals surface area contributed by atoms with Crippen molar-refractivity contribution in [3.63, 3.8) is 0 Å². The van der Waals surface area contributed by atoms with Crippen molar-refractivity contribution in [2.24, 2.45) is 5.92 Å². The molecule has 4 rings (SSSR count). The molecule has 0 radical (unpaired) electrons. The van der Waals surface area contributed by atoms with Crippen LogP contribution in [-0.4, -0.2) is 25.5 Å². The highest BCUT2D eigenvalue weighted by molar-refractivity contribution is 5.91. The molecule has 1 aliphatic rings. The van der Waals surface area contributed by atoms with Crippen LogP contribution in [-0.2, 0) is 0 Å². The third kappa shape index (κ3) is 3.31. The van der Waals surface area contributed by atoms with E-state index in [9.17, 15) is 4.79 Å². The molecule has 2 heterocycles. The van der Waals surface area contributed by atoms with Gasteiger partial charge in [0.25, 0.3) is 11.7 Å². The van der Waals surface area contributed by atoms with Crippen LogP contribution in [0.4, 0.5) is 0 Å². The van der Waals surface area contributed by atoms with Crippen molar-refractivity contribution < 1.29 is 4.79 Å². The van der Waals surface area contributed by atoms with Crippen molar-refractivity contribution >= 4 is 11.7 Å². The van der Waals surface area contributed by atoms with Crippen LogP contribution in [0.25, 0.3) is 5.78 Å². The minimum atomic E-state index is -0.241. The molecular weight excluding hydrogens is 326 g/mol. The predicted molar refractivity (Wildman–Crippen MR) is 98.7 cm³/mol. The summed E-state index contributed by atoms with van der Waals surface area (Å²) < 4.78 is 1.60. The fourth-order valence-electron chi connectivity index (χ4n) is 3.81. The lowest BCUT2D eigenvalue weighted by Crippen LogP contribution is -2.35. The Hall–Kier alpha value is -2.76. The van der Waals surface area contributed by atoms with Gasteiger partial charge in [-0.2, -0.15) is 4.98 Å². The fraction of sp³-hybridized carbons (Fsp3) is 0.400. The first-order chi connectivity index (χ1) is 12.7. The van der Waals surface area contributed by atoms with Crippen LogP contribution in [0.15, 0.2) is 42.6 Å². The minimum absolute atomic E-state index is 0.00957. The Morgan fingerprint density at radius 2 is 1.92 bits per heavy atom. The molecule has 1 N–H and O–H groups in total. The standard InChI is InChI=1S/C20H23N5O/c1-14-12-13-21-20-23-18(24-25(14)20)19(26)22-17(15-8-4-2-5-9-15)16-10-6-3-7-11-16/h2,4-5,8-9,12-13,16-17H,3,6-7,10-11H2,1H3,(H,22,26)/t17-/m1/s1. The summed E-state index contributed by atoms with van der Waals surface area (Å²) >= 11 is 0. The molecule has 1 saturated carbocycles. The molecule has 0 spiro atoms. The zero-order valence-electron chi connectivity index (χ0n) is 14.9. The van der Waals surface area contributed by atoms with Gasteiger partial charge in [-0.1, -0.05) is 49.6 Å². The lowest BCUT2D eigenvalue weighted by atomic mass is 9.81. The second-order valence-electron chi connectivity index (χ2n) is 6.99. The highest BCUT2D eigenvalue weighted by Gasteiger charge is 2.28. The first-order valence-corrected chi connectivity index (χ1v) is 9.26. The number of benzene rings is 1. The van der Waals surface area contributed by atoms with Crippen molar-refractivity contribution in [3.05, 3.63) is 59.7 Å². The molecule has 2 aromatic heterocycles. The molecule has 0 aliphatic heterocycles. The average molecular weight is 349 g/mol. The van der Waals surface area contributed by atoms with E-state index >= 15 is 0 Å². The van der Waals surface area contributed by atoms with Gasteiger partial charge in [0, 0.05) is 11.9 Å². The van der Waals surface area contributed by atoms with Gasteiger partial charge < -0.3 is 5.32 Å². The van der Waals surface area contributed by atoms with Crippen LogP contribution in [0, 0.1) is 12.8 Å². The van der Waals surface area contributed by atoms with Gasteiger partial charge >= 0.3 is 0 Å². The summed E-state index contributed by atoms with van der Waals surface area (Å²) in [6, 6.07) is 12.1. The highest BCUT2D eigenvalue weighted by Crippen LogP contribution is 2.34. The molecule has 1 fully saturated rings. The molecule has 1 aliphatic carbocycles. The summed E-state index contributed by atoms with van der Waals surface area (Å²) in [6.45, 7) is 1.92. The number of aromatic nitrogens is 4. The molecule has 26 heavy (non-hydrogen) atoms. The Balaban J connectivity index is 1.61. The third-order valence-electron chi connectivity index (χ3n) is 5.20. The largest absolute Gasteiger partial charge is 0.342 e. The molecule has 1 aromatic carbocycles. The number of aryl methyl sites for hydroxylation is 1. The first-order valence-electron chi connectivity index (χ1n) is 9.26. The van der Waals surface area contributed by atoms with Crippen LogP contribution in [0.2, 0.25) is 0 Å². The number of nitrogens with zero attached hydrogens (tertiary/aromatic N) is 4. The van der Waals surface area contributed by atoms with Gasteiger partial charge in [-0.3, -0.25) is 4.79 Å². The fourth-order valence-corrected chi connectivity index (χ4v) is 3.81. The van der Waals surface area contributed by atoms with Gasteiger partial charge in [-0.05, 0) is 37.3 Å². The van der Waals surface area contributed by atoms with E-state index in [0.717, 1.165) is 24.1 Å². The summed E-state index contributed by atoms with van der Waals surface area (Å²) in [5, 5.41) is 7.53. The van der Waals surface area contributed by atoms with E-state index in [2.05, 4.69) is 32.5 Å². The van der Waals surface area contributed by atoms with Crippen molar-refractivity contribution in [3.8, 4) is 0 Å². The van der Waals surface area contributed by atoms with E-state index < -0.39 is 0 Å². The maximum Gasteiger partial charge on any atom is 0.291 e. The maximum atomic E-state index is 12.9. The number of carbonyl (C=O) groups is 1. The number of hydrogen-bond donors (Lipinski definition) is 1. The molecule has 6 nitrogen and oxygen atoms in total. The van der Waals surface area contributed by atoms with E-state index in [4.69, 9.17) is 0 Å². The molecule has 1 amide bonds. The van der Waals surface area contributed by atoms with Gasteiger partial charge in [0.2, 0.25) is 5.82 Å². The molecule has 0 bridgehead atoms. The van der Waals surface area contributed by atoms with Gasteiger partial charge in [0.05, 0.1) is 6.04 Å². The Morgan fingerprint density at radius 3 is 2.65 bits per heavy atom. The maximum absolute atomic E-state index is 12.9. The van der Waals surface area contributed by atoms with Gasteiger partial charge in [-0.25, -0.2) is 9.50 Å². The lowest BCUT2D eigenvalue weighted by Gasteiger charge is -2.31. The minimum Gasteiger partial charge on any atom is -0.342 e. The second-order valence-corrected chi connectivity index (χ2v) is 6.99. The summed E-state index contributed by atoms with van der Waals surface area (Å²) in [5.41, 5.74) is 2.04. The van der Waals surface area contributed by atoms with E-state index in [1.54, 1.807) is 10.7 Å². The Bertz CT molecular complexity index is 899.